The van der Waals surface area contributed by atoms with E-state index in [-0.39, 0.29) is 0 Å². The van der Waals surface area contributed by atoms with Gasteiger partial charge in [-0.3, -0.25) is 0 Å². The van der Waals surface area contributed by atoms with Crippen molar-refractivity contribution in [2.75, 3.05) is 5.32 Å². The number of rotatable bonds is 4. The van der Waals surface area contributed by atoms with E-state index in [1.807, 2.05) is 6.92 Å². The molecule has 0 amide bonds. The number of nitrogens with one attached hydrogen (secondary N) is 1. The number of nitrogens with zero attached hydrogens (tertiary/aromatic N) is 3. The summed E-state index contributed by atoms with van der Waals surface area (Å²) in [6.45, 7) is 2.50. The van der Waals surface area contributed by atoms with E-state index in [4.69, 9.17) is 16.0 Å². The number of oxazole rings is 1. The lowest BCUT2D eigenvalue weighted by Gasteiger charge is -2.00. The number of anilines is 1. The molecular weight excluding hydrogens is 228 g/mol. The molecule has 0 atom stereocenters. The Balaban J connectivity index is 1.94. The van der Waals surface area contributed by atoms with Gasteiger partial charge in [0.05, 0.1) is 12.7 Å². The molecule has 0 aliphatic heterocycles. The van der Waals surface area contributed by atoms with Gasteiger partial charge in [-0.25, -0.2) is 4.98 Å². The number of hydrogen-bond donors (Lipinski definition) is 1. The van der Waals surface area contributed by atoms with Gasteiger partial charge in [-0.2, -0.15) is 0 Å². The molecule has 1 N–H and O–H groups in total. The molecule has 16 heavy (non-hydrogen) atoms. The van der Waals surface area contributed by atoms with Gasteiger partial charge in [0, 0.05) is 6.42 Å². The van der Waals surface area contributed by atoms with E-state index in [2.05, 4.69) is 20.5 Å². The topological polar surface area (TPSA) is 63.8 Å². The second kappa shape index (κ2) is 4.94. The zero-order valence-corrected chi connectivity index (χ0v) is 9.53. The van der Waals surface area contributed by atoms with Crippen molar-refractivity contribution in [2.45, 2.75) is 19.9 Å². The number of aromatic nitrogens is 3. The molecule has 84 valence electrons. The van der Waals surface area contributed by atoms with Gasteiger partial charge in [-0.05, 0) is 12.1 Å². The van der Waals surface area contributed by atoms with Gasteiger partial charge < -0.3 is 9.73 Å². The third-order valence-corrected chi connectivity index (χ3v) is 2.20. The SMILES string of the molecule is CCc1cnc(CNc2ccc(Cl)nn2)o1. The predicted octanol–water partition coefficient (Wildman–Crippen LogP) is 2.29. The summed E-state index contributed by atoms with van der Waals surface area (Å²) in [5, 5.41) is 11.0. The van der Waals surface area contributed by atoms with E-state index in [1.165, 1.54) is 0 Å². The van der Waals surface area contributed by atoms with Gasteiger partial charge in [-0.1, -0.05) is 18.5 Å². The Hall–Kier alpha value is -1.62. The summed E-state index contributed by atoms with van der Waals surface area (Å²) in [5.41, 5.74) is 0. The van der Waals surface area contributed by atoms with E-state index >= 15 is 0 Å². The molecule has 6 heteroatoms. The monoisotopic (exact) mass is 238 g/mol. The maximum absolute atomic E-state index is 5.62. The number of hydrogen-bond acceptors (Lipinski definition) is 5. The zero-order valence-electron chi connectivity index (χ0n) is 8.77. The Morgan fingerprint density at radius 1 is 1.38 bits per heavy atom. The van der Waals surface area contributed by atoms with Crippen LogP contribution < -0.4 is 5.32 Å². The first-order chi connectivity index (χ1) is 7.78. The third kappa shape index (κ3) is 2.70. The first kappa shape index (κ1) is 10.9. The van der Waals surface area contributed by atoms with Crippen LogP contribution in [0.25, 0.3) is 0 Å². The molecule has 0 aliphatic carbocycles. The molecule has 2 aromatic rings. The first-order valence-electron chi connectivity index (χ1n) is 4.94. The molecule has 0 aliphatic rings. The molecule has 2 heterocycles. The second-order valence-electron chi connectivity index (χ2n) is 3.17. The van der Waals surface area contributed by atoms with Crippen molar-refractivity contribution < 1.29 is 4.42 Å². The summed E-state index contributed by atoms with van der Waals surface area (Å²) < 4.78 is 5.43. The number of aryl methyl sites for hydroxylation is 1. The van der Waals surface area contributed by atoms with Crippen LogP contribution in [-0.4, -0.2) is 15.2 Å². The van der Waals surface area contributed by atoms with E-state index in [9.17, 15) is 0 Å². The highest BCUT2D eigenvalue weighted by Gasteiger charge is 2.02. The van der Waals surface area contributed by atoms with Crippen molar-refractivity contribution in [3.05, 3.63) is 35.1 Å². The van der Waals surface area contributed by atoms with E-state index < -0.39 is 0 Å². The quantitative estimate of drug-likeness (QED) is 0.886. The Bertz CT molecular complexity index is 454. The van der Waals surface area contributed by atoms with Gasteiger partial charge in [0.1, 0.15) is 11.6 Å². The summed E-state index contributed by atoms with van der Waals surface area (Å²) in [7, 11) is 0. The molecule has 0 unspecified atom stereocenters. The van der Waals surface area contributed by atoms with Crippen LogP contribution in [0.3, 0.4) is 0 Å². The normalized spacial score (nSPS) is 10.4. The van der Waals surface area contributed by atoms with E-state index in [0.29, 0.717) is 23.4 Å². The second-order valence-corrected chi connectivity index (χ2v) is 3.56. The molecule has 0 aromatic carbocycles. The minimum Gasteiger partial charge on any atom is -0.444 e. The summed E-state index contributed by atoms with van der Waals surface area (Å²) >= 11 is 5.62. The van der Waals surface area contributed by atoms with E-state index in [0.717, 1.165) is 12.2 Å². The lowest BCUT2D eigenvalue weighted by Crippen LogP contribution is -2.02. The molecule has 5 nitrogen and oxygen atoms in total. The van der Waals surface area contributed by atoms with E-state index in [1.54, 1.807) is 18.3 Å². The van der Waals surface area contributed by atoms with Crippen molar-refractivity contribution in [3.8, 4) is 0 Å². The lowest BCUT2D eigenvalue weighted by atomic mass is 10.4. The molecule has 0 radical (unpaired) electrons. The van der Waals surface area contributed by atoms with Crippen molar-refractivity contribution in [3.63, 3.8) is 0 Å². The molecule has 0 spiro atoms. The summed E-state index contributed by atoms with van der Waals surface area (Å²) in [5.74, 6) is 2.15. The summed E-state index contributed by atoms with van der Waals surface area (Å²) in [6, 6.07) is 3.42. The molecule has 0 saturated carbocycles. The predicted molar refractivity (Wildman–Crippen MR) is 60.2 cm³/mol. The van der Waals surface area contributed by atoms with Crippen LogP contribution >= 0.6 is 11.6 Å². The molecule has 0 bridgehead atoms. The fourth-order valence-electron chi connectivity index (χ4n) is 1.17. The summed E-state index contributed by atoms with van der Waals surface area (Å²) in [4.78, 5) is 4.12. The van der Waals surface area contributed by atoms with Gasteiger partial charge in [0.15, 0.2) is 5.15 Å². The largest absolute Gasteiger partial charge is 0.444 e. The highest BCUT2D eigenvalue weighted by Crippen LogP contribution is 2.09. The van der Waals surface area contributed by atoms with Gasteiger partial charge in [0.2, 0.25) is 5.89 Å². The standard InChI is InChI=1S/C10H11ClN4O/c1-2-7-5-13-10(16-7)6-12-9-4-3-8(11)14-15-9/h3-5H,2,6H2,1H3,(H,12,15). The lowest BCUT2D eigenvalue weighted by molar-refractivity contribution is 0.465. The highest BCUT2D eigenvalue weighted by molar-refractivity contribution is 6.29. The summed E-state index contributed by atoms with van der Waals surface area (Å²) in [6.07, 6.45) is 2.57. The Kier molecular flexibility index (Phi) is 3.36. The van der Waals surface area contributed by atoms with Crippen LogP contribution in [0.15, 0.2) is 22.7 Å². The van der Waals surface area contributed by atoms with Crippen molar-refractivity contribution in [1.82, 2.24) is 15.2 Å². The zero-order chi connectivity index (χ0) is 11.4. The minimum atomic E-state index is 0.370. The van der Waals surface area contributed by atoms with Crippen LogP contribution in [0.5, 0.6) is 0 Å². The third-order valence-electron chi connectivity index (χ3n) is 2.00. The Morgan fingerprint density at radius 2 is 2.25 bits per heavy atom. The average Bonchev–Trinajstić information content (AvgIpc) is 2.76. The van der Waals surface area contributed by atoms with Gasteiger partial charge in [-0.15, -0.1) is 10.2 Å². The van der Waals surface area contributed by atoms with Gasteiger partial charge >= 0.3 is 0 Å². The fourth-order valence-corrected chi connectivity index (χ4v) is 1.27. The molecule has 0 saturated heterocycles. The maximum atomic E-state index is 5.62. The van der Waals surface area contributed by atoms with Crippen molar-refractivity contribution in [1.29, 1.82) is 0 Å². The Labute approximate surface area is 97.9 Å². The van der Waals surface area contributed by atoms with Crippen molar-refractivity contribution >= 4 is 17.4 Å². The maximum Gasteiger partial charge on any atom is 0.213 e. The molecular formula is C10H11ClN4O. The van der Waals surface area contributed by atoms with Crippen molar-refractivity contribution in [2.24, 2.45) is 0 Å². The van der Waals surface area contributed by atoms with Crippen LogP contribution in [0.4, 0.5) is 5.82 Å². The van der Waals surface area contributed by atoms with Crippen LogP contribution in [0.1, 0.15) is 18.6 Å². The minimum absolute atomic E-state index is 0.370. The first-order valence-corrected chi connectivity index (χ1v) is 5.32. The Morgan fingerprint density at radius 3 is 2.88 bits per heavy atom. The molecule has 2 aromatic heterocycles. The molecule has 2 rings (SSSR count). The van der Waals surface area contributed by atoms with Crippen LogP contribution in [0.2, 0.25) is 5.15 Å². The average molecular weight is 239 g/mol. The van der Waals surface area contributed by atoms with Crippen LogP contribution in [0, 0.1) is 0 Å². The fraction of sp³-hybridized carbons (Fsp3) is 0.300. The smallest absolute Gasteiger partial charge is 0.213 e. The van der Waals surface area contributed by atoms with Crippen LogP contribution in [-0.2, 0) is 13.0 Å². The molecule has 0 fully saturated rings. The van der Waals surface area contributed by atoms with Gasteiger partial charge in [0.25, 0.3) is 0 Å². The number of halogens is 1. The highest BCUT2D eigenvalue weighted by atomic mass is 35.5.